The Kier molecular flexibility index (Phi) is 6.23. The van der Waals surface area contributed by atoms with Crippen molar-refractivity contribution in [3.05, 3.63) is 66.5 Å². The second-order valence-corrected chi connectivity index (χ2v) is 7.50. The molecule has 3 aromatic rings. The monoisotopic (exact) mass is 402 g/mol. The molecule has 30 heavy (non-hydrogen) atoms. The van der Waals surface area contributed by atoms with Gasteiger partial charge in [0.15, 0.2) is 0 Å². The third-order valence-corrected chi connectivity index (χ3v) is 5.42. The number of carbonyl (C=O) groups excluding carboxylic acids is 1. The number of hydrogen-bond donors (Lipinski definition) is 2. The Bertz CT molecular complexity index is 998. The van der Waals surface area contributed by atoms with Gasteiger partial charge in [0.25, 0.3) is 5.91 Å². The van der Waals surface area contributed by atoms with Crippen molar-refractivity contribution in [3.63, 3.8) is 0 Å². The number of nitrogens with zero attached hydrogens (tertiary/aromatic N) is 2. The number of benzene rings is 2. The summed E-state index contributed by atoms with van der Waals surface area (Å²) in [6.07, 6.45) is 7.83. The number of carbonyl (C=O) groups is 1. The Morgan fingerprint density at radius 1 is 1.00 bits per heavy atom. The van der Waals surface area contributed by atoms with E-state index in [1.807, 2.05) is 42.5 Å². The molecule has 154 valence electrons. The minimum atomic E-state index is -0.187. The fraction of sp³-hybridized carbons (Fsp3) is 0.292. The number of amides is 1. The van der Waals surface area contributed by atoms with Gasteiger partial charge in [0.1, 0.15) is 17.9 Å². The van der Waals surface area contributed by atoms with Gasteiger partial charge in [-0.1, -0.05) is 43.5 Å². The molecular formula is C24H26N4O2. The summed E-state index contributed by atoms with van der Waals surface area (Å²) in [5, 5.41) is 6.42. The first kappa shape index (κ1) is 19.9. The highest BCUT2D eigenvalue weighted by Gasteiger charge is 2.14. The van der Waals surface area contributed by atoms with E-state index in [9.17, 15) is 4.79 Å². The van der Waals surface area contributed by atoms with Gasteiger partial charge >= 0.3 is 0 Å². The van der Waals surface area contributed by atoms with Crippen molar-refractivity contribution < 1.29 is 9.53 Å². The van der Waals surface area contributed by atoms with Crippen molar-refractivity contribution >= 4 is 17.4 Å². The fourth-order valence-corrected chi connectivity index (χ4v) is 3.78. The Balaban J connectivity index is 1.45. The lowest BCUT2D eigenvalue weighted by Crippen LogP contribution is -2.22. The van der Waals surface area contributed by atoms with Crippen LogP contribution in [0.1, 0.15) is 42.5 Å². The van der Waals surface area contributed by atoms with Gasteiger partial charge < -0.3 is 15.4 Å². The van der Waals surface area contributed by atoms with Gasteiger partial charge in [-0.2, -0.15) is 0 Å². The molecule has 6 nitrogen and oxygen atoms in total. The summed E-state index contributed by atoms with van der Waals surface area (Å²) < 4.78 is 5.29. The van der Waals surface area contributed by atoms with E-state index in [0.717, 1.165) is 17.1 Å². The van der Waals surface area contributed by atoms with Crippen molar-refractivity contribution in [3.8, 4) is 17.0 Å². The summed E-state index contributed by atoms with van der Waals surface area (Å²) in [5.41, 5.74) is 2.99. The fourth-order valence-electron chi connectivity index (χ4n) is 3.78. The first-order chi connectivity index (χ1) is 14.7. The van der Waals surface area contributed by atoms with Crippen molar-refractivity contribution in [2.75, 3.05) is 17.7 Å². The minimum absolute atomic E-state index is 0.187. The third-order valence-electron chi connectivity index (χ3n) is 5.42. The second kappa shape index (κ2) is 9.39. The van der Waals surface area contributed by atoms with E-state index < -0.39 is 0 Å². The van der Waals surface area contributed by atoms with Crippen LogP contribution in [-0.2, 0) is 0 Å². The largest absolute Gasteiger partial charge is 0.495 e. The van der Waals surface area contributed by atoms with Gasteiger partial charge in [0, 0.05) is 23.2 Å². The zero-order valence-corrected chi connectivity index (χ0v) is 17.1. The number of anilines is 2. The van der Waals surface area contributed by atoms with Gasteiger partial charge in [0.2, 0.25) is 0 Å². The van der Waals surface area contributed by atoms with Gasteiger partial charge in [-0.25, -0.2) is 9.97 Å². The molecule has 0 unspecified atom stereocenters. The quantitative estimate of drug-likeness (QED) is 0.596. The Morgan fingerprint density at radius 2 is 1.77 bits per heavy atom. The molecule has 2 aromatic carbocycles. The van der Waals surface area contributed by atoms with Crippen LogP contribution in [0, 0.1) is 0 Å². The van der Waals surface area contributed by atoms with E-state index in [-0.39, 0.29) is 5.91 Å². The first-order valence-corrected chi connectivity index (χ1v) is 10.4. The summed E-state index contributed by atoms with van der Waals surface area (Å²) in [6, 6.07) is 17.2. The zero-order chi connectivity index (χ0) is 20.8. The smallest absolute Gasteiger partial charge is 0.255 e. The average molecular weight is 402 g/mol. The molecule has 0 bridgehead atoms. The van der Waals surface area contributed by atoms with E-state index in [1.165, 1.54) is 32.1 Å². The average Bonchev–Trinajstić information content (AvgIpc) is 2.80. The van der Waals surface area contributed by atoms with Crippen molar-refractivity contribution in [2.45, 2.75) is 38.1 Å². The molecule has 1 heterocycles. The van der Waals surface area contributed by atoms with Crippen molar-refractivity contribution in [1.82, 2.24) is 9.97 Å². The maximum absolute atomic E-state index is 12.6. The lowest BCUT2D eigenvalue weighted by Gasteiger charge is -2.23. The van der Waals surface area contributed by atoms with E-state index in [1.54, 1.807) is 25.6 Å². The highest BCUT2D eigenvalue weighted by atomic mass is 16.5. The number of ether oxygens (including phenoxy) is 1. The van der Waals surface area contributed by atoms with Gasteiger partial charge in [-0.3, -0.25) is 4.79 Å². The molecule has 1 aromatic heterocycles. The molecule has 0 saturated heterocycles. The van der Waals surface area contributed by atoms with Crippen molar-refractivity contribution in [2.24, 2.45) is 0 Å². The summed E-state index contributed by atoms with van der Waals surface area (Å²) in [6.45, 7) is 0. The maximum Gasteiger partial charge on any atom is 0.255 e. The first-order valence-electron chi connectivity index (χ1n) is 10.4. The second-order valence-electron chi connectivity index (χ2n) is 7.50. The van der Waals surface area contributed by atoms with E-state index in [0.29, 0.717) is 23.0 Å². The van der Waals surface area contributed by atoms with Crippen LogP contribution >= 0.6 is 0 Å². The summed E-state index contributed by atoms with van der Waals surface area (Å²) in [5.74, 6) is 1.29. The predicted molar refractivity (Wildman–Crippen MR) is 119 cm³/mol. The molecule has 1 aliphatic carbocycles. The van der Waals surface area contributed by atoms with Gasteiger partial charge in [-0.15, -0.1) is 0 Å². The number of para-hydroxylation sites is 2. The lowest BCUT2D eigenvalue weighted by molar-refractivity contribution is 0.102. The maximum atomic E-state index is 12.6. The van der Waals surface area contributed by atoms with Crippen LogP contribution in [0.15, 0.2) is 60.9 Å². The highest BCUT2D eigenvalue weighted by molar-refractivity contribution is 6.05. The molecule has 4 rings (SSSR count). The lowest BCUT2D eigenvalue weighted by atomic mass is 9.95. The summed E-state index contributed by atoms with van der Waals surface area (Å²) in [7, 11) is 1.58. The topological polar surface area (TPSA) is 76.1 Å². The van der Waals surface area contributed by atoms with Gasteiger partial charge in [-0.05, 0) is 37.1 Å². The Labute approximate surface area is 176 Å². The van der Waals surface area contributed by atoms with E-state index >= 15 is 0 Å². The molecule has 1 saturated carbocycles. The summed E-state index contributed by atoms with van der Waals surface area (Å²) >= 11 is 0. The summed E-state index contributed by atoms with van der Waals surface area (Å²) in [4.78, 5) is 21.4. The van der Waals surface area contributed by atoms with Crippen LogP contribution in [0.2, 0.25) is 0 Å². The molecule has 0 aliphatic heterocycles. The minimum Gasteiger partial charge on any atom is -0.495 e. The molecule has 0 spiro atoms. The number of aromatic nitrogens is 2. The molecule has 2 N–H and O–H groups in total. The molecule has 6 heteroatoms. The van der Waals surface area contributed by atoms with Crippen LogP contribution in [0.3, 0.4) is 0 Å². The number of rotatable bonds is 6. The molecule has 1 aliphatic rings. The number of hydrogen-bond acceptors (Lipinski definition) is 5. The number of nitrogens with one attached hydrogen (secondary N) is 2. The van der Waals surface area contributed by atoms with Crippen LogP contribution in [-0.4, -0.2) is 29.0 Å². The number of methoxy groups -OCH3 is 1. The van der Waals surface area contributed by atoms with Crippen LogP contribution in [0.25, 0.3) is 11.3 Å². The van der Waals surface area contributed by atoms with Crippen molar-refractivity contribution in [1.29, 1.82) is 0 Å². The Hall–Kier alpha value is -3.41. The normalized spacial score (nSPS) is 14.2. The highest BCUT2D eigenvalue weighted by Crippen LogP contribution is 2.25. The van der Waals surface area contributed by atoms with Crippen LogP contribution in [0.4, 0.5) is 11.5 Å². The van der Waals surface area contributed by atoms with Crippen LogP contribution in [0.5, 0.6) is 5.75 Å². The SMILES string of the molecule is COc1ccccc1NC(=O)c1ccc(-c2cc(NC3CCCCC3)ncn2)cc1. The van der Waals surface area contributed by atoms with E-state index in [4.69, 9.17) is 4.74 Å². The molecule has 0 radical (unpaired) electrons. The molecular weight excluding hydrogens is 376 g/mol. The molecule has 1 fully saturated rings. The predicted octanol–water partition coefficient (Wildman–Crippen LogP) is 5.15. The van der Waals surface area contributed by atoms with Crippen LogP contribution < -0.4 is 15.4 Å². The zero-order valence-electron chi connectivity index (χ0n) is 17.1. The third kappa shape index (κ3) is 4.76. The molecule has 0 atom stereocenters. The standard InChI is InChI=1S/C24H26N4O2/c1-30-22-10-6-5-9-20(22)28-24(29)18-13-11-17(12-14-18)21-15-23(26-16-25-21)27-19-7-3-2-4-8-19/h5-6,9-16,19H,2-4,7-8H2,1H3,(H,28,29)(H,25,26,27). The molecule has 1 amide bonds. The van der Waals surface area contributed by atoms with E-state index in [2.05, 4.69) is 20.6 Å². The Morgan fingerprint density at radius 3 is 2.53 bits per heavy atom. The van der Waals surface area contributed by atoms with Gasteiger partial charge in [0.05, 0.1) is 18.5 Å².